The largest absolute Gasteiger partial charge is 0.508 e. The second-order valence-electron chi connectivity index (χ2n) is 2.78. The number of aliphatic hydroxyl groups excluding tert-OH is 1. The van der Waals surface area contributed by atoms with Crippen LogP contribution in [-0.2, 0) is 14.3 Å². The van der Waals surface area contributed by atoms with Crippen molar-refractivity contribution in [2.75, 3.05) is 0 Å². The van der Waals surface area contributed by atoms with Crippen molar-refractivity contribution >= 4 is 17.5 Å². The highest BCUT2D eigenvalue weighted by Crippen LogP contribution is 2.35. The summed E-state index contributed by atoms with van der Waals surface area (Å²) in [5, 5.41) is 24.9. The fourth-order valence-corrected chi connectivity index (χ4v) is 1.27. The molecule has 0 amide bonds. The molecule has 0 radical (unpaired) electrons. The summed E-state index contributed by atoms with van der Waals surface area (Å²) in [4.78, 5) is 21.6. The van der Waals surface area contributed by atoms with Gasteiger partial charge in [-0.2, -0.15) is 0 Å². The fourth-order valence-electron chi connectivity index (χ4n) is 1.27. The second kappa shape index (κ2) is 2.17. The first kappa shape index (κ1) is 7.93. The number of fused-ring (bicyclic) bond motifs is 1. The molecule has 13 heavy (non-hydrogen) atoms. The van der Waals surface area contributed by atoms with Gasteiger partial charge in [0.05, 0.1) is 0 Å². The lowest BCUT2D eigenvalue weighted by molar-refractivity contribution is -0.132. The Morgan fingerprint density at radius 1 is 1.46 bits per heavy atom. The zero-order valence-corrected chi connectivity index (χ0v) is 6.27. The Morgan fingerprint density at radius 3 is 2.62 bits per heavy atom. The summed E-state index contributed by atoms with van der Waals surface area (Å²) in [6, 6.07) is 0. The normalized spacial score (nSPS) is 31.7. The maximum Gasteiger partial charge on any atom is 0.341 e. The van der Waals surface area contributed by atoms with E-state index in [2.05, 4.69) is 0 Å². The molecule has 3 N–H and O–H groups in total. The first-order valence-corrected chi connectivity index (χ1v) is 3.49. The smallest absolute Gasteiger partial charge is 0.341 e. The number of carboxylic acid groups (broad SMARTS) is 1. The van der Waals surface area contributed by atoms with Crippen LogP contribution in [0.1, 0.15) is 0 Å². The first-order valence-electron chi connectivity index (χ1n) is 3.49. The van der Waals surface area contributed by atoms with Gasteiger partial charge in [-0.25, -0.2) is 4.79 Å². The van der Waals surface area contributed by atoms with Gasteiger partial charge in [0, 0.05) is 0 Å². The first-order chi connectivity index (χ1) is 6.04. The average molecular weight is 183 g/mol. The molecule has 0 spiro atoms. The van der Waals surface area contributed by atoms with Gasteiger partial charge in [-0.05, 0) is 0 Å². The molecule has 1 aliphatic heterocycles. The number of rotatable bonds is 1. The molecule has 0 saturated carbocycles. The topological polar surface area (TPSA) is 111 Å². The van der Waals surface area contributed by atoms with Crippen LogP contribution >= 0.6 is 0 Å². The van der Waals surface area contributed by atoms with E-state index in [1.165, 1.54) is 0 Å². The molecular weight excluding hydrogens is 178 g/mol. The summed E-state index contributed by atoms with van der Waals surface area (Å²) in [6.45, 7) is 0. The van der Waals surface area contributed by atoms with Gasteiger partial charge < -0.3 is 14.9 Å². The van der Waals surface area contributed by atoms with E-state index in [1.54, 1.807) is 0 Å². The molecule has 6 nitrogen and oxygen atoms in total. The second-order valence-corrected chi connectivity index (χ2v) is 2.78. The van der Waals surface area contributed by atoms with Crippen molar-refractivity contribution in [2.45, 2.75) is 12.2 Å². The highest BCUT2D eigenvalue weighted by molar-refractivity contribution is 6.53. The van der Waals surface area contributed by atoms with E-state index in [0.29, 0.717) is 0 Å². The molecule has 0 aromatic carbocycles. The highest BCUT2D eigenvalue weighted by atomic mass is 16.6. The van der Waals surface area contributed by atoms with E-state index in [0.717, 1.165) is 0 Å². The Bertz CT molecular complexity index is 369. The standard InChI is InChI=1S/C7H5NO5/c8-2-1(7(11)12)3(9)5-6(13-5)4(2)10/h5-6,8-9H,(H,11,12). The fraction of sp³-hybridized carbons (Fsp3) is 0.286. The number of hydrogen-bond acceptors (Lipinski definition) is 5. The van der Waals surface area contributed by atoms with Gasteiger partial charge in [-0.15, -0.1) is 0 Å². The number of aliphatic carboxylic acids is 1. The van der Waals surface area contributed by atoms with Gasteiger partial charge in [0.25, 0.3) is 0 Å². The number of nitrogens with one attached hydrogen (secondary N) is 1. The molecule has 2 rings (SSSR count). The summed E-state index contributed by atoms with van der Waals surface area (Å²) < 4.78 is 4.69. The van der Waals surface area contributed by atoms with Crippen molar-refractivity contribution in [2.24, 2.45) is 0 Å². The molecular formula is C7H5NO5. The van der Waals surface area contributed by atoms with E-state index >= 15 is 0 Å². The average Bonchev–Trinajstić information content (AvgIpc) is 2.79. The van der Waals surface area contributed by atoms with Crippen molar-refractivity contribution in [1.29, 1.82) is 5.41 Å². The molecule has 0 aromatic rings. The van der Waals surface area contributed by atoms with Gasteiger partial charge in [-0.1, -0.05) is 0 Å². The van der Waals surface area contributed by atoms with Crippen LogP contribution in [0.2, 0.25) is 0 Å². The van der Waals surface area contributed by atoms with Crippen molar-refractivity contribution in [1.82, 2.24) is 0 Å². The van der Waals surface area contributed by atoms with Gasteiger partial charge in [0.2, 0.25) is 5.78 Å². The van der Waals surface area contributed by atoms with Crippen LogP contribution in [-0.4, -0.2) is 39.9 Å². The number of carboxylic acids is 1. The molecule has 1 fully saturated rings. The van der Waals surface area contributed by atoms with Crippen molar-refractivity contribution in [3.8, 4) is 0 Å². The Hall–Kier alpha value is -1.69. The molecule has 1 saturated heterocycles. The van der Waals surface area contributed by atoms with Crippen LogP contribution in [0, 0.1) is 5.41 Å². The lowest BCUT2D eigenvalue weighted by Gasteiger charge is -2.08. The summed E-state index contributed by atoms with van der Waals surface area (Å²) in [6.07, 6.45) is -1.68. The lowest BCUT2D eigenvalue weighted by atomic mass is 9.94. The summed E-state index contributed by atoms with van der Waals surface area (Å²) in [7, 11) is 0. The molecule has 0 aromatic heterocycles. The quantitative estimate of drug-likeness (QED) is 0.463. The number of carbonyl (C=O) groups is 2. The predicted molar refractivity (Wildman–Crippen MR) is 38.7 cm³/mol. The number of aliphatic hydroxyl groups is 1. The predicted octanol–water partition coefficient (Wildman–Crippen LogP) is -0.747. The molecule has 2 unspecified atom stereocenters. The van der Waals surface area contributed by atoms with E-state index in [-0.39, 0.29) is 0 Å². The van der Waals surface area contributed by atoms with Crippen LogP contribution in [0.15, 0.2) is 11.3 Å². The van der Waals surface area contributed by atoms with E-state index < -0.39 is 41.0 Å². The van der Waals surface area contributed by atoms with Gasteiger partial charge in [0.1, 0.15) is 23.1 Å². The number of epoxide rings is 1. The van der Waals surface area contributed by atoms with Crippen molar-refractivity contribution in [3.63, 3.8) is 0 Å². The molecule has 6 heteroatoms. The zero-order valence-electron chi connectivity index (χ0n) is 6.27. The van der Waals surface area contributed by atoms with Crippen LogP contribution < -0.4 is 0 Å². The molecule has 2 aliphatic rings. The number of hydrogen-bond donors (Lipinski definition) is 3. The number of ether oxygens (including phenoxy) is 1. The Labute approximate surface area is 71.9 Å². The maximum absolute atomic E-state index is 11.1. The minimum atomic E-state index is -1.48. The number of Topliss-reactive ketones (excluding diaryl/α,β-unsaturated/α-hetero) is 1. The van der Waals surface area contributed by atoms with E-state index in [4.69, 9.17) is 15.3 Å². The summed E-state index contributed by atoms with van der Waals surface area (Å²) in [5.74, 6) is -2.69. The van der Waals surface area contributed by atoms with Crippen LogP contribution in [0.5, 0.6) is 0 Å². The van der Waals surface area contributed by atoms with E-state index in [9.17, 15) is 14.7 Å². The van der Waals surface area contributed by atoms with Crippen LogP contribution in [0.25, 0.3) is 0 Å². The SMILES string of the molecule is N=C1C(=O)C2OC2C(O)=C1C(=O)O. The summed E-state index contributed by atoms with van der Waals surface area (Å²) >= 11 is 0. The monoisotopic (exact) mass is 183 g/mol. The Kier molecular flexibility index (Phi) is 1.32. The van der Waals surface area contributed by atoms with Crippen molar-refractivity contribution < 1.29 is 24.5 Å². The third kappa shape index (κ3) is 0.888. The van der Waals surface area contributed by atoms with Crippen LogP contribution in [0.4, 0.5) is 0 Å². The minimum Gasteiger partial charge on any atom is -0.508 e. The highest BCUT2D eigenvalue weighted by Gasteiger charge is 2.55. The zero-order chi connectivity index (χ0) is 9.75. The van der Waals surface area contributed by atoms with Crippen molar-refractivity contribution in [3.05, 3.63) is 11.3 Å². The molecule has 2 atom stereocenters. The molecule has 68 valence electrons. The number of carbonyl (C=O) groups excluding carboxylic acids is 1. The Balaban J connectivity index is 2.51. The lowest BCUT2D eigenvalue weighted by Crippen LogP contribution is -2.32. The summed E-state index contributed by atoms with van der Waals surface area (Å²) in [5.41, 5.74) is -1.34. The third-order valence-corrected chi connectivity index (χ3v) is 1.99. The number of ketones is 1. The van der Waals surface area contributed by atoms with Gasteiger partial charge in [-0.3, -0.25) is 10.2 Å². The van der Waals surface area contributed by atoms with E-state index in [1.807, 2.05) is 0 Å². The molecule has 1 aliphatic carbocycles. The maximum atomic E-state index is 11.1. The Morgan fingerprint density at radius 2 is 2.08 bits per heavy atom. The molecule has 1 heterocycles. The van der Waals surface area contributed by atoms with Crippen LogP contribution in [0.3, 0.4) is 0 Å². The third-order valence-electron chi connectivity index (χ3n) is 1.99. The van der Waals surface area contributed by atoms with Gasteiger partial charge in [0.15, 0.2) is 6.10 Å². The molecule has 0 bridgehead atoms. The minimum absolute atomic E-state index is 0.526. The van der Waals surface area contributed by atoms with Gasteiger partial charge >= 0.3 is 5.97 Å².